The van der Waals surface area contributed by atoms with Crippen LogP contribution in [0.2, 0.25) is 10.0 Å². The summed E-state index contributed by atoms with van der Waals surface area (Å²) in [6.07, 6.45) is 3.43. The molecule has 0 fully saturated rings. The molecule has 2 aromatic heterocycles. The van der Waals surface area contributed by atoms with E-state index in [4.69, 9.17) is 34.8 Å². The van der Waals surface area contributed by atoms with Gasteiger partial charge in [0.1, 0.15) is 11.3 Å². The molecular weight excluding hydrogens is 317 g/mol. The molecule has 3 rings (SSSR count). The van der Waals surface area contributed by atoms with Crippen LogP contribution in [-0.4, -0.2) is 14.5 Å². The van der Waals surface area contributed by atoms with Crippen LogP contribution >= 0.6 is 34.8 Å². The van der Waals surface area contributed by atoms with E-state index in [2.05, 4.69) is 9.97 Å². The monoisotopic (exact) mass is 325 g/mol. The molecular formula is C14H10Cl3N3. The van der Waals surface area contributed by atoms with Crippen molar-refractivity contribution in [1.29, 1.82) is 0 Å². The van der Waals surface area contributed by atoms with Gasteiger partial charge in [-0.2, -0.15) is 0 Å². The van der Waals surface area contributed by atoms with Crippen molar-refractivity contribution in [2.75, 3.05) is 0 Å². The smallest absolute Gasteiger partial charge is 0.132 e. The van der Waals surface area contributed by atoms with Crippen LogP contribution in [0.3, 0.4) is 0 Å². The second-order valence-electron chi connectivity index (χ2n) is 4.41. The minimum absolute atomic E-state index is 0.250. The second-order valence-corrected chi connectivity index (χ2v) is 5.94. The van der Waals surface area contributed by atoms with Crippen LogP contribution < -0.4 is 0 Å². The number of fused-ring (bicyclic) bond motifs is 1. The lowest BCUT2D eigenvalue weighted by Crippen LogP contribution is -2.02. The maximum absolute atomic E-state index is 6.24. The van der Waals surface area contributed by atoms with E-state index < -0.39 is 0 Å². The molecule has 2 heterocycles. The maximum atomic E-state index is 6.24. The number of hydrogen-bond donors (Lipinski definition) is 0. The van der Waals surface area contributed by atoms with E-state index in [9.17, 15) is 0 Å². The first-order valence-electron chi connectivity index (χ1n) is 5.99. The zero-order valence-electron chi connectivity index (χ0n) is 10.5. The minimum atomic E-state index is -0.250. The quantitative estimate of drug-likeness (QED) is 0.619. The lowest BCUT2D eigenvalue weighted by Gasteiger charge is -2.11. The Morgan fingerprint density at radius 1 is 1.15 bits per heavy atom. The molecule has 0 saturated heterocycles. The number of nitrogens with zero attached hydrogens (tertiary/aromatic N) is 3. The Hall–Kier alpha value is -1.29. The Morgan fingerprint density at radius 2 is 1.85 bits per heavy atom. The molecule has 3 nitrogen and oxygen atoms in total. The normalized spacial score (nSPS) is 12.8. The summed E-state index contributed by atoms with van der Waals surface area (Å²) >= 11 is 18.4. The largest absolute Gasteiger partial charge is 0.295 e. The fraction of sp³-hybridized carbons (Fsp3) is 0.143. The zero-order valence-corrected chi connectivity index (χ0v) is 12.8. The Bertz CT molecular complexity index is 760. The average molecular weight is 327 g/mol. The van der Waals surface area contributed by atoms with Gasteiger partial charge in [0, 0.05) is 16.2 Å². The van der Waals surface area contributed by atoms with E-state index in [1.165, 1.54) is 0 Å². The zero-order chi connectivity index (χ0) is 14.3. The van der Waals surface area contributed by atoms with Crippen molar-refractivity contribution < 1.29 is 0 Å². The number of rotatable bonds is 2. The highest BCUT2D eigenvalue weighted by Crippen LogP contribution is 2.30. The van der Waals surface area contributed by atoms with Crippen molar-refractivity contribution in [3.63, 3.8) is 0 Å². The highest BCUT2D eigenvalue weighted by atomic mass is 35.5. The van der Waals surface area contributed by atoms with Crippen molar-refractivity contribution in [3.8, 4) is 5.69 Å². The summed E-state index contributed by atoms with van der Waals surface area (Å²) in [5, 5.41) is 0.883. The van der Waals surface area contributed by atoms with E-state index in [0.29, 0.717) is 10.0 Å². The van der Waals surface area contributed by atoms with Crippen LogP contribution in [0.1, 0.15) is 18.1 Å². The fourth-order valence-electron chi connectivity index (χ4n) is 2.16. The second kappa shape index (κ2) is 5.24. The van der Waals surface area contributed by atoms with E-state index in [1.807, 2.05) is 29.7 Å². The van der Waals surface area contributed by atoms with Crippen molar-refractivity contribution in [3.05, 3.63) is 52.5 Å². The Balaban J connectivity index is 2.36. The van der Waals surface area contributed by atoms with E-state index in [1.54, 1.807) is 18.5 Å². The standard InChI is InChI=1S/C14H10Cl3N3/c1-8(15)14-19-12-7-18-3-2-13(12)20(14)11-5-9(16)4-10(17)6-11/h2-8H,1H3. The number of aromatic nitrogens is 3. The highest BCUT2D eigenvalue weighted by Gasteiger charge is 2.16. The molecule has 20 heavy (non-hydrogen) atoms. The van der Waals surface area contributed by atoms with Gasteiger partial charge in [0.15, 0.2) is 0 Å². The fourth-order valence-corrected chi connectivity index (χ4v) is 2.82. The van der Waals surface area contributed by atoms with Gasteiger partial charge >= 0.3 is 0 Å². The van der Waals surface area contributed by atoms with Crippen molar-refractivity contribution in [1.82, 2.24) is 14.5 Å². The van der Waals surface area contributed by atoms with Crippen LogP contribution in [-0.2, 0) is 0 Å². The van der Waals surface area contributed by atoms with Crippen LogP contribution in [0.25, 0.3) is 16.7 Å². The van der Waals surface area contributed by atoms with E-state index in [-0.39, 0.29) is 5.38 Å². The van der Waals surface area contributed by atoms with Crippen LogP contribution in [0.15, 0.2) is 36.7 Å². The molecule has 0 bridgehead atoms. The molecule has 0 radical (unpaired) electrons. The summed E-state index contributed by atoms with van der Waals surface area (Å²) in [4.78, 5) is 8.61. The third kappa shape index (κ3) is 2.37. The molecule has 0 amide bonds. The molecule has 1 atom stereocenters. The molecule has 0 spiro atoms. The molecule has 1 aromatic carbocycles. The van der Waals surface area contributed by atoms with Gasteiger partial charge < -0.3 is 0 Å². The number of imidazole rings is 1. The summed E-state index contributed by atoms with van der Waals surface area (Å²) < 4.78 is 1.95. The van der Waals surface area contributed by atoms with Gasteiger partial charge in [-0.15, -0.1) is 11.6 Å². The first kappa shape index (κ1) is 13.7. The highest BCUT2D eigenvalue weighted by molar-refractivity contribution is 6.34. The number of benzene rings is 1. The molecule has 0 aliphatic rings. The van der Waals surface area contributed by atoms with Crippen molar-refractivity contribution in [2.45, 2.75) is 12.3 Å². The van der Waals surface area contributed by atoms with Gasteiger partial charge in [-0.3, -0.25) is 9.55 Å². The van der Waals surface area contributed by atoms with Gasteiger partial charge in [0.25, 0.3) is 0 Å². The predicted octanol–water partition coefficient (Wildman–Crippen LogP) is 5.03. The van der Waals surface area contributed by atoms with Crippen molar-refractivity contribution >= 4 is 45.8 Å². The lowest BCUT2D eigenvalue weighted by atomic mass is 10.3. The van der Waals surface area contributed by atoms with Crippen LogP contribution in [0, 0.1) is 0 Å². The Labute approximate surface area is 131 Å². The number of hydrogen-bond acceptors (Lipinski definition) is 2. The molecule has 6 heteroatoms. The van der Waals surface area contributed by atoms with E-state index >= 15 is 0 Å². The van der Waals surface area contributed by atoms with Gasteiger partial charge in [0.2, 0.25) is 0 Å². The number of alkyl halides is 1. The number of halogens is 3. The van der Waals surface area contributed by atoms with Gasteiger partial charge in [-0.1, -0.05) is 23.2 Å². The van der Waals surface area contributed by atoms with Gasteiger partial charge in [-0.05, 0) is 31.2 Å². The molecule has 1 unspecified atom stereocenters. The predicted molar refractivity (Wildman–Crippen MR) is 83.2 cm³/mol. The lowest BCUT2D eigenvalue weighted by molar-refractivity contribution is 0.882. The molecule has 0 saturated carbocycles. The molecule has 3 aromatic rings. The van der Waals surface area contributed by atoms with E-state index in [0.717, 1.165) is 22.5 Å². The minimum Gasteiger partial charge on any atom is -0.295 e. The topological polar surface area (TPSA) is 30.7 Å². The van der Waals surface area contributed by atoms with Crippen LogP contribution in [0.4, 0.5) is 0 Å². The first-order chi connectivity index (χ1) is 9.56. The number of pyridine rings is 1. The summed E-state index contributed by atoms with van der Waals surface area (Å²) in [5.41, 5.74) is 2.53. The Kier molecular flexibility index (Phi) is 3.59. The third-order valence-corrected chi connectivity index (χ3v) is 3.58. The summed E-state index contributed by atoms with van der Waals surface area (Å²) in [7, 11) is 0. The molecule has 0 aliphatic carbocycles. The third-order valence-electron chi connectivity index (χ3n) is 2.94. The average Bonchev–Trinajstić information content (AvgIpc) is 2.77. The molecule has 0 aliphatic heterocycles. The summed E-state index contributed by atoms with van der Waals surface area (Å²) in [6.45, 7) is 1.87. The molecule has 102 valence electrons. The molecule has 0 N–H and O–H groups in total. The maximum Gasteiger partial charge on any atom is 0.132 e. The summed E-state index contributed by atoms with van der Waals surface area (Å²) in [6, 6.07) is 7.24. The SMILES string of the molecule is CC(Cl)c1nc2cnccc2n1-c1cc(Cl)cc(Cl)c1. The van der Waals surface area contributed by atoms with Gasteiger partial charge in [0.05, 0.1) is 22.8 Å². The summed E-state index contributed by atoms with van der Waals surface area (Å²) in [5.74, 6) is 0.730. The van der Waals surface area contributed by atoms with Gasteiger partial charge in [-0.25, -0.2) is 4.98 Å². The van der Waals surface area contributed by atoms with Crippen molar-refractivity contribution in [2.24, 2.45) is 0 Å². The van der Waals surface area contributed by atoms with Crippen LogP contribution in [0.5, 0.6) is 0 Å². The Morgan fingerprint density at radius 3 is 2.50 bits per heavy atom. The first-order valence-corrected chi connectivity index (χ1v) is 7.18.